The van der Waals surface area contributed by atoms with Crippen molar-refractivity contribution in [3.05, 3.63) is 0 Å². The summed E-state index contributed by atoms with van der Waals surface area (Å²) in [7, 11) is 0. The van der Waals surface area contributed by atoms with Gasteiger partial charge in [0, 0.05) is 25.0 Å². The molecule has 15 heavy (non-hydrogen) atoms. The fourth-order valence-corrected chi connectivity index (χ4v) is 3.79. The number of rotatable bonds is 1. The molecule has 1 heterocycles. The Balaban J connectivity index is 1.69. The average Bonchev–Trinajstić information content (AvgIpc) is 2.54. The highest BCUT2D eigenvalue weighted by atomic mass is 16.5. The van der Waals surface area contributed by atoms with Crippen molar-refractivity contribution in [1.82, 2.24) is 4.90 Å². The molecular formula is C12H21NO2. The zero-order valence-corrected chi connectivity index (χ0v) is 9.27. The van der Waals surface area contributed by atoms with Crippen molar-refractivity contribution in [1.29, 1.82) is 0 Å². The molecule has 3 rings (SSSR count). The monoisotopic (exact) mass is 211 g/mol. The highest BCUT2D eigenvalue weighted by Gasteiger charge is 2.45. The lowest BCUT2D eigenvalue weighted by Crippen LogP contribution is -2.51. The minimum atomic E-state index is -0.00778. The van der Waals surface area contributed by atoms with E-state index in [0.717, 1.165) is 26.3 Å². The third-order valence-corrected chi connectivity index (χ3v) is 4.63. The van der Waals surface area contributed by atoms with Gasteiger partial charge in [-0.25, -0.2) is 0 Å². The van der Waals surface area contributed by atoms with Gasteiger partial charge in [-0.05, 0) is 31.6 Å². The van der Waals surface area contributed by atoms with Gasteiger partial charge >= 0.3 is 0 Å². The van der Waals surface area contributed by atoms with Crippen LogP contribution < -0.4 is 0 Å². The van der Waals surface area contributed by atoms with Crippen LogP contribution in [0.1, 0.15) is 25.7 Å². The molecule has 1 saturated heterocycles. The number of hydrogen-bond donors (Lipinski definition) is 1. The quantitative estimate of drug-likeness (QED) is 0.698. The van der Waals surface area contributed by atoms with E-state index in [9.17, 15) is 5.11 Å². The molecule has 1 N–H and O–H groups in total. The molecule has 4 atom stereocenters. The summed E-state index contributed by atoms with van der Waals surface area (Å²) in [5, 5.41) is 10.2. The molecule has 2 saturated carbocycles. The van der Waals surface area contributed by atoms with Crippen LogP contribution in [0.2, 0.25) is 0 Å². The van der Waals surface area contributed by atoms with Gasteiger partial charge in [0.1, 0.15) is 0 Å². The maximum absolute atomic E-state index is 10.2. The fraction of sp³-hybridized carbons (Fsp3) is 1.00. The van der Waals surface area contributed by atoms with E-state index >= 15 is 0 Å². The minimum Gasteiger partial charge on any atom is -0.392 e. The van der Waals surface area contributed by atoms with Gasteiger partial charge < -0.3 is 9.84 Å². The van der Waals surface area contributed by atoms with Crippen molar-refractivity contribution in [2.45, 2.75) is 37.8 Å². The van der Waals surface area contributed by atoms with Crippen LogP contribution in [-0.2, 0) is 4.74 Å². The molecule has 3 fully saturated rings. The Hall–Kier alpha value is -0.120. The first kappa shape index (κ1) is 10.1. The van der Waals surface area contributed by atoms with Gasteiger partial charge in [-0.3, -0.25) is 4.90 Å². The maximum atomic E-state index is 10.2. The molecule has 0 spiro atoms. The first-order chi connectivity index (χ1) is 7.36. The summed E-state index contributed by atoms with van der Waals surface area (Å²) < 4.78 is 5.39. The van der Waals surface area contributed by atoms with Crippen LogP contribution in [0.4, 0.5) is 0 Å². The zero-order valence-electron chi connectivity index (χ0n) is 9.27. The molecule has 0 aromatic carbocycles. The molecule has 0 unspecified atom stereocenters. The Morgan fingerprint density at radius 3 is 2.53 bits per heavy atom. The molecule has 1 aliphatic heterocycles. The second kappa shape index (κ2) is 4.04. The van der Waals surface area contributed by atoms with Gasteiger partial charge in [-0.1, -0.05) is 0 Å². The molecule has 3 aliphatic rings. The van der Waals surface area contributed by atoms with Crippen molar-refractivity contribution in [3.8, 4) is 0 Å². The largest absolute Gasteiger partial charge is 0.392 e. The summed E-state index contributed by atoms with van der Waals surface area (Å²) in [6.07, 6.45) is 5.03. The second-order valence-electron chi connectivity index (χ2n) is 5.28. The van der Waals surface area contributed by atoms with E-state index in [1.54, 1.807) is 0 Å². The van der Waals surface area contributed by atoms with Crippen molar-refractivity contribution in [2.75, 3.05) is 26.3 Å². The fourth-order valence-electron chi connectivity index (χ4n) is 3.79. The number of ether oxygens (including phenoxy) is 1. The highest BCUT2D eigenvalue weighted by molar-refractivity contribution is 4.97. The number of nitrogens with zero attached hydrogens (tertiary/aromatic N) is 1. The van der Waals surface area contributed by atoms with Crippen LogP contribution in [-0.4, -0.2) is 48.5 Å². The smallest absolute Gasteiger partial charge is 0.0611 e. The zero-order chi connectivity index (χ0) is 10.3. The third kappa shape index (κ3) is 1.71. The van der Waals surface area contributed by atoms with E-state index in [1.165, 1.54) is 25.7 Å². The van der Waals surface area contributed by atoms with Gasteiger partial charge in [0.15, 0.2) is 0 Å². The van der Waals surface area contributed by atoms with Gasteiger partial charge in [-0.2, -0.15) is 0 Å². The molecule has 2 bridgehead atoms. The molecule has 3 nitrogen and oxygen atoms in total. The van der Waals surface area contributed by atoms with E-state index in [1.807, 2.05) is 0 Å². The summed E-state index contributed by atoms with van der Waals surface area (Å²) in [4.78, 5) is 2.55. The van der Waals surface area contributed by atoms with E-state index in [-0.39, 0.29) is 6.10 Å². The number of aliphatic hydroxyl groups excluding tert-OH is 1. The topological polar surface area (TPSA) is 32.7 Å². The molecule has 86 valence electrons. The SMILES string of the molecule is O[C@H]1[C@@H]2CC[C@@H]1[C@H](N1CCOCC1)CC2. The molecule has 0 radical (unpaired) electrons. The first-order valence-corrected chi connectivity index (χ1v) is 6.36. The summed E-state index contributed by atoms with van der Waals surface area (Å²) in [5.74, 6) is 1.18. The molecule has 3 heteroatoms. The van der Waals surface area contributed by atoms with Crippen molar-refractivity contribution in [2.24, 2.45) is 11.8 Å². The number of morpholine rings is 1. The Labute approximate surface area is 91.4 Å². The molecule has 0 amide bonds. The van der Waals surface area contributed by atoms with Crippen LogP contribution >= 0.6 is 0 Å². The summed E-state index contributed by atoms with van der Waals surface area (Å²) in [5.41, 5.74) is 0. The highest BCUT2D eigenvalue weighted by Crippen LogP contribution is 2.44. The van der Waals surface area contributed by atoms with Gasteiger partial charge in [0.25, 0.3) is 0 Å². The molecule has 0 aromatic rings. The van der Waals surface area contributed by atoms with Crippen molar-refractivity contribution < 1.29 is 9.84 Å². The predicted octanol–water partition coefficient (Wildman–Crippen LogP) is 0.868. The lowest BCUT2D eigenvalue weighted by atomic mass is 9.81. The normalized spacial score (nSPS) is 47.0. The number of hydrogen-bond acceptors (Lipinski definition) is 3. The predicted molar refractivity (Wildman–Crippen MR) is 57.6 cm³/mol. The van der Waals surface area contributed by atoms with Gasteiger partial charge in [-0.15, -0.1) is 0 Å². The van der Waals surface area contributed by atoms with Crippen LogP contribution in [0, 0.1) is 11.8 Å². The Morgan fingerprint density at radius 2 is 1.73 bits per heavy atom. The molecule has 2 aliphatic carbocycles. The lowest BCUT2D eigenvalue weighted by Gasteiger charge is -2.42. The van der Waals surface area contributed by atoms with E-state index in [4.69, 9.17) is 4.74 Å². The minimum absolute atomic E-state index is 0.00778. The second-order valence-corrected chi connectivity index (χ2v) is 5.28. The first-order valence-electron chi connectivity index (χ1n) is 6.36. The Morgan fingerprint density at radius 1 is 1.00 bits per heavy atom. The van der Waals surface area contributed by atoms with E-state index in [2.05, 4.69) is 4.90 Å². The van der Waals surface area contributed by atoms with Crippen LogP contribution in [0.5, 0.6) is 0 Å². The van der Waals surface area contributed by atoms with Gasteiger partial charge in [0.05, 0.1) is 19.3 Å². The standard InChI is InChI=1S/C12H21NO2/c14-12-9-1-3-10(12)11(4-2-9)13-5-7-15-8-6-13/h9-12,14H,1-8H2/t9-,10-,11-,12+/m1/s1. The third-order valence-electron chi connectivity index (χ3n) is 4.63. The number of fused-ring (bicyclic) bond motifs is 2. The van der Waals surface area contributed by atoms with Crippen molar-refractivity contribution >= 4 is 0 Å². The van der Waals surface area contributed by atoms with Crippen LogP contribution in [0.15, 0.2) is 0 Å². The number of aliphatic hydroxyl groups is 1. The van der Waals surface area contributed by atoms with Crippen LogP contribution in [0.25, 0.3) is 0 Å². The van der Waals surface area contributed by atoms with Crippen molar-refractivity contribution in [3.63, 3.8) is 0 Å². The maximum Gasteiger partial charge on any atom is 0.0611 e. The lowest BCUT2D eigenvalue weighted by molar-refractivity contribution is -0.0412. The Kier molecular flexibility index (Phi) is 2.71. The van der Waals surface area contributed by atoms with Gasteiger partial charge in [0.2, 0.25) is 0 Å². The van der Waals surface area contributed by atoms with E-state index < -0.39 is 0 Å². The average molecular weight is 211 g/mol. The van der Waals surface area contributed by atoms with E-state index in [0.29, 0.717) is 17.9 Å². The van der Waals surface area contributed by atoms with Crippen LogP contribution in [0.3, 0.4) is 0 Å². The molecule has 0 aromatic heterocycles. The summed E-state index contributed by atoms with van der Waals surface area (Å²) in [6, 6.07) is 0.641. The summed E-state index contributed by atoms with van der Waals surface area (Å²) >= 11 is 0. The Bertz CT molecular complexity index is 228. The summed E-state index contributed by atoms with van der Waals surface area (Å²) in [6.45, 7) is 3.89. The molecular weight excluding hydrogens is 190 g/mol.